The predicted molar refractivity (Wildman–Crippen MR) is 68.2 cm³/mol. The minimum atomic E-state index is -0.490. The quantitative estimate of drug-likeness (QED) is 0.769. The molecule has 0 amide bonds. The van der Waals surface area contributed by atoms with Gasteiger partial charge in [-0.2, -0.15) is 0 Å². The Hall–Kier alpha value is -0.480. The van der Waals surface area contributed by atoms with Crippen molar-refractivity contribution in [2.45, 2.75) is 19.4 Å². The van der Waals surface area contributed by atoms with Gasteiger partial charge >= 0.3 is 0 Å². The molecule has 94 valence electrons. The van der Waals surface area contributed by atoms with Gasteiger partial charge in [0, 0.05) is 24.5 Å². The molecule has 1 heterocycles. The van der Waals surface area contributed by atoms with Crippen LogP contribution in [0.25, 0.3) is 0 Å². The van der Waals surface area contributed by atoms with E-state index in [0.29, 0.717) is 12.5 Å². The Balaban J connectivity index is 1.93. The largest absolute Gasteiger partial charge is 0.299 e. The fraction of sp³-hybridized carbons (Fsp3) is 0.538. The van der Waals surface area contributed by atoms with Gasteiger partial charge in [0.15, 0.2) is 0 Å². The molecule has 2 rings (SSSR count). The number of hydrogen-bond donors (Lipinski definition) is 0. The molecule has 1 nitrogen and oxygen atoms in total. The molecule has 1 aliphatic rings. The Kier molecular flexibility index (Phi) is 4.51. The average Bonchev–Trinajstić information content (AvgIpc) is 2.64. The summed E-state index contributed by atoms with van der Waals surface area (Å²) in [5.41, 5.74) is 0.724. The molecule has 0 aromatic heterocycles. The lowest BCUT2D eigenvalue weighted by Crippen LogP contribution is -2.20. The highest BCUT2D eigenvalue weighted by Gasteiger charge is 2.21. The molecular weight excluding hydrogens is 288 g/mol. The van der Waals surface area contributed by atoms with E-state index < -0.39 is 11.6 Å². The lowest BCUT2D eigenvalue weighted by atomic mass is 10.1. The van der Waals surface area contributed by atoms with Crippen LogP contribution in [0.1, 0.15) is 18.4 Å². The zero-order chi connectivity index (χ0) is 12.3. The molecule has 0 saturated carbocycles. The first-order chi connectivity index (χ1) is 8.17. The average molecular weight is 304 g/mol. The van der Waals surface area contributed by atoms with Crippen molar-refractivity contribution in [3.63, 3.8) is 0 Å². The Bertz CT molecular complexity index is 363. The van der Waals surface area contributed by atoms with Gasteiger partial charge in [0.25, 0.3) is 0 Å². The van der Waals surface area contributed by atoms with Gasteiger partial charge in [0.1, 0.15) is 11.6 Å². The predicted octanol–water partition coefficient (Wildman–Crippen LogP) is 3.57. The van der Waals surface area contributed by atoms with E-state index in [1.54, 1.807) is 0 Å². The summed E-state index contributed by atoms with van der Waals surface area (Å²) >= 11 is 3.45. The Morgan fingerprint density at radius 2 is 1.94 bits per heavy atom. The molecule has 1 fully saturated rings. The second-order valence-corrected chi connectivity index (χ2v) is 5.44. The summed E-state index contributed by atoms with van der Waals surface area (Å²) in [6.07, 6.45) is 2.36. The van der Waals surface area contributed by atoms with Crippen LogP contribution in [0.3, 0.4) is 0 Å². The monoisotopic (exact) mass is 303 g/mol. The first kappa shape index (κ1) is 13.0. The highest BCUT2D eigenvalue weighted by molar-refractivity contribution is 9.09. The minimum Gasteiger partial charge on any atom is -0.299 e. The highest BCUT2D eigenvalue weighted by Crippen LogP contribution is 2.22. The topological polar surface area (TPSA) is 3.24 Å². The van der Waals surface area contributed by atoms with Gasteiger partial charge in [-0.25, -0.2) is 8.78 Å². The molecule has 17 heavy (non-hydrogen) atoms. The van der Waals surface area contributed by atoms with Gasteiger partial charge < -0.3 is 0 Å². The molecule has 0 N–H and O–H groups in total. The fourth-order valence-electron chi connectivity index (χ4n) is 2.41. The SMILES string of the molecule is Fc1cc(F)cc(CN2CCC(CCBr)C2)c1. The van der Waals surface area contributed by atoms with Gasteiger partial charge in [-0.3, -0.25) is 4.90 Å². The van der Waals surface area contributed by atoms with Crippen LogP contribution in [0.2, 0.25) is 0 Å². The zero-order valence-corrected chi connectivity index (χ0v) is 11.2. The van der Waals surface area contributed by atoms with Crippen LogP contribution >= 0.6 is 15.9 Å². The molecule has 0 aliphatic carbocycles. The van der Waals surface area contributed by atoms with Crippen molar-refractivity contribution >= 4 is 15.9 Å². The Morgan fingerprint density at radius 1 is 1.24 bits per heavy atom. The van der Waals surface area contributed by atoms with E-state index in [-0.39, 0.29) is 0 Å². The Morgan fingerprint density at radius 3 is 2.59 bits per heavy atom. The normalized spacial score (nSPS) is 21.0. The third-order valence-electron chi connectivity index (χ3n) is 3.22. The summed E-state index contributed by atoms with van der Waals surface area (Å²) < 4.78 is 26.1. The third-order valence-corrected chi connectivity index (χ3v) is 3.67. The molecule has 0 radical (unpaired) electrons. The standard InChI is InChI=1S/C13H16BrF2N/c14-3-1-10-2-4-17(8-10)9-11-5-12(15)7-13(16)6-11/h5-7,10H,1-4,8-9H2. The summed E-state index contributed by atoms with van der Waals surface area (Å²) in [4.78, 5) is 2.27. The summed E-state index contributed by atoms with van der Waals surface area (Å²) in [5, 5.41) is 1.03. The maximum atomic E-state index is 13.0. The van der Waals surface area contributed by atoms with Crippen LogP contribution in [0.15, 0.2) is 18.2 Å². The second-order valence-electron chi connectivity index (χ2n) is 4.65. The molecule has 1 aromatic carbocycles. The van der Waals surface area contributed by atoms with Crippen LogP contribution in [0, 0.1) is 17.6 Å². The number of halogens is 3. The first-order valence-corrected chi connectivity index (χ1v) is 7.03. The van der Waals surface area contributed by atoms with E-state index in [0.717, 1.165) is 30.0 Å². The van der Waals surface area contributed by atoms with E-state index in [4.69, 9.17) is 0 Å². The molecular formula is C13H16BrF2N. The highest BCUT2D eigenvalue weighted by atomic mass is 79.9. The fourth-order valence-corrected chi connectivity index (χ4v) is 3.05. The van der Waals surface area contributed by atoms with Crippen LogP contribution in [-0.2, 0) is 6.54 Å². The lowest BCUT2D eigenvalue weighted by molar-refractivity contribution is 0.314. The molecule has 1 saturated heterocycles. The van der Waals surface area contributed by atoms with E-state index in [1.807, 2.05) is 0 Å². The lowest BCUT2D eigenvalue weighted by Gasteiger charge is -2.16. The maximum absolute atomic E-state index is 13.0. The summed E-state index contributed by atoms with van der Waals surface area (Å²) in [6, 6.07) is 3.75. The van der Waals surface area contributed by atoms with Gasteiger partial charge in [0.05, 0.1) is 0 Å². The molecule has 1 unspecified atom stereocenters. The van der Waals surface area contributed by atoms with Crippen LogP contribution < -0.4 is 0 Å². The van der Waals surface area contributed by atoms with Crippen molar-refractivity contribution in [1.82, 2.24) is 4.90 Å². The van der Waals surface area contributed by atoms with Crippen molar-refractivity contribution in [3.8, 4) is 0 Å². The summed E-state index contributed by atoms with van der Waals surface area (Å²) in [6.45, 7) is 2.70. The van der Waals surface area contributed by atoms with Gasteiger partial charge in [-0.05, 0) is 43.0 Å². The second kappa shape index (κ2) is 5.91. The van der Waals surface area contributed by atoms with Gasteiger partial charge in [-0.15, -0.1) is 0 Å². The van der Waals surface area contributed by atoms with Crippen molar-refractivity contribution in [2.24, 2.45) is 5.92 Å². The van der Waals surface area contributed by atoms with Crippen LogP contribution in [-0.4, -0.2) is 23.3 Å². The number of nitrogens with zero attached hydrogens (tertiary/aromatic N) is 1. The molecule has 0 bridgehead atoms. The number of benzene rings is 1. The summed E-state index contributed by atoms with van der Waals surface area (Å²) in [7, 11) is 0. The third kappa shape index (κ3) is 3.75. The van der Waals surface area contributed by atoms with E-state index in [1.165, 1.54) is 25.0 Å². The molecule has 1 atom stereocenters. The zero-order valence-electron chi connectivity index (χ0n) is 9.63. The Labute approximate surface area is 109 Å². The van der Waals surface area contributed by atoms with E-state index in [2.05, 4.69) is 20.8 Å². The maximum Gasteiger partial charge on any atom is 0.126 e. The van der Waals surface area contributed by atoms with Crippen LogP contribution in [0.5, 0.6) is 0 Å². The van der Waals surface area contributed by atoms with Crippen molar-refractivity contribution in [1.29, 1.82) is 0 Å². The molecule has 1 aromatic rings. The van der Waals surface area contributed by atoms with Crippen molar-refractivity contribution in [3.05, 3.63) is 35.4 Å². The number of likely N-dealkylation sites (tertiary alicyclic amines) is 1. The molecule has 1 aliphatic heterocycles. The summed E-state index contributed by atoms with van der Waals surface area (Å²) in [5.74, 6) is -0.264. The molecule has 4 heteroatoms. The van der Waals surface area contributed by atoms with E-state index in [9.17, 15) is 8.78 Å². The van der Waals surface area contributed by atoms with Crippen LogP contribution in [0.4, 0.5) is 8.78 Å². The molecule has 0 spiro atoms. The van der Waals surface area contributed by atoms with Crippen molar-refractivity contribution in [2.75, 3.05) is 18.4 Å². The minimum absolute atomic E-state index is 0.490. The first-order valence-electron chi connectivity index (χ1n) is 5.90. The van der Waals surface area contributed by atoms with E-state index >= 15 is 0 Å². The van der Waals surface area contributed by atoms with Gasteiger partial charge in [-0.1, -0.05) is 15.9 Å². The van der Waals surface area contributed by atoms with Gasteiger partial charge in [0.2, 0.25) is 0 Å². The van der Waals surface area contributed by atoms with Crippen molar-refractivity contribution < 1.29 is 8.78 Å². The number of hydrogen-bond acceptors (Lipinski definition) is 1. The smallest absolute Gasteiger partial charge is 0.126 e. The number of rotatable bonds is 4. The number of alkyl halides is 1.